The number of hydrogen-bond acceptors (Lipinski definition) is 3. The van der Waals surface area contributed by atoms with Crippen molar-refractivity contribution in [3.8, 4) is 0 Å². The van der Waals surface area contributed by atoms with Crippen molar-refractivity contribution in [1.29, 1.82) is 0 Å². The van der Waals surface area contributed by atoms with Crippen LogP contribution in [0.4, 0.5) is 0 Å². The molecule has 0 radical (unpaired) electrons. The minimum absolute atomic E-state index is 0.129. The zero-order valence-electron chi connectivity index (χ0n) is 15.4. The molecule has 1 N–H and O–H groups in total. The summed E-state index contributed by atoms with van der Waals surface area (Å²) in [6, 6.07) is 5.21. The van der Waals surface area contributed by atoms with E-state index in [0.717, 1.165) is 37.2 Å². The van der Waals surface area contributed by atoms with Crippen molar-refractivity contribution in [2.24, 2.45) is 11.8 Å². The molecular weight excluding hydrogens is 348 g/mol. The summed E-state index contributed by atoms with van der Waals surface area (Å²) in [5, 5.41) is 3.18. The summed E-state index contributed by atoms with van der Waals surface area (Å²) >= 11 is 0. The van der Waals surface area contributed by atoms with Crippen LogP contribution >= 0.6 is 0 Å². The van der Waals surface area contributed by atoms with Crippen LogP contribution in [0, 0.1) is 18.8 Å². The summed E-state index contributed by atoms with van der Waals surface area (Å²) in [5.41, 5.74) is 1.31. The molecule has 5 nitrogen and oxygen atoms in total. The van der Waals surface area contributed by atoms with E-state index < -0.39 is 10.0 Å². The summed E-state index contributed by atoms with van der Waals surface area (Å²) in [6.07, 6.45) is 7.69. The van der Waals surface area contributed by atoms with Gasteiger partial charge in [0.05, 0.1) is 4.90 Å². The molecule has 6 heteroatoms. The van der Waals surface area contributed by atoms with E-state index in [9.17, 15) is 13.2 Å². The molecule has 1 saturated heterocycles. The Bertz CT molecular complexity index is 799. The fraction of sp³-hybridized carbons (Fsp3) is 0.650. The van der Waals surface area contributed by atoms with Gasteiger partial charge in [-0.25, -0.2) is 8.42 Å². The molecule has 0 aromatic heterocycles. The Hall–Kier alpha value is -1.40. The SMILES string of the molecule is Cc1ccc(S(=O)(=O)N2CCCCC2)cc1C(=O)N[C@@H]1C[C@H]2CC[C@@H]1C2. The van der Waals surface area contributed by atoms with E-state index >= 15 is 0 Å². The van der Waals surface area contributed by atoms with Crippen molar-refractivity contribution in [2.45, 2.75) is 62.8 Å². The molecule has 1 amide bonds. The number of nitrogens with zero attached hydrogens (tertiary/aromatic N) is 1. The molecule has 0 spiro atoms. The quantitative estimate of drug-likeness (QED) is 0.878. The van der Waals surface area contributed by atoms with Gasteiger partial charge in [-0.3, -0.25) is 4.79 Å². The van der Waals surface area contributed by atoms with Crippen LogP contribution in [0.2, 0.25) is 0 Å². The van der Waals surface area contributed by atoms with E-state index in [2.05, 4.69) is 5.32 Å². The molecule has 142 valence electrons. The molecule has 1 aliphatic heterocycles. The van der Waals surface area contributed by atoms with Gasteiger partial charge in [0.15, 0.2) is 0 Å². The van der Waals surface area contributed by atoms with Crippen molar-refractivity contribution >= 4 is 15.9 Å². The molecule has 0 unspecified atom stereocenters. The number of fused-ring (bicyclic) bond motifs is 2. The highest BCUT2D eigenvalue weighted by Crippen LogP contribution is 2.44. The largest absolute Gasteiger partial charge is 0.349 e. The lowest BCUT2D eigenvalue weighted by Crippen LogP contribution is -2.39. The minimum Gasteiger partial charge on any atom is -0.349 e. The van der Waals surface area contributed by atoms with Gasteiger partial charge < -0.3 is 5.32 Å². The summed E-state index contributed by atoms with van der Waals surface area (Å²) in [7, 11) is -3.52. The summed E-state index contributed by atoms with van der Waals surface area (Å²) in [5.74, 6) is 1.23. The molecule has 4 rings (SSSR count). The molecule has 3 aliphatic rings. The predicted molar refractivity (Wildman–Crippen MR) is 100 cm³/mol. The number of sulfonamides is 1. The fourth-order valence-electron chi connectivity index (χ4n) is 4.93. The van der Waals surface area contributed by atoms with Gasteiger partial charge in [-0.1, -0.05) is 18.9 Å². The second kappa shape index (κ2) is 6.97. The summed E-state index contributed by atoms with van der Waals surface area (Å²) in [4.78, 5) is 13.1. The maximum atomic E-state index is 12.9. The molecule has 3 atom stereocenters. The average Bonchev–Trinajstić information content (AvgIpc) is 3.25. The first-order valence-electron chi connectivity index (χ1n) is 9.87. The van der Waals surface area contributed by atoms with E-state index in [0.29, 0.717) is 24.6 Å². The number of carbonyl (C=O) groups is 1. The Morgan fingerprint density at radius 1 is 1.12 bits per heavy atom. The highest BCUT2D eigenvalue weighted by molar-refractivity contribution is 7.89. The number of hydrogen-bond donors (Lipinski definition) is 1. The van der Waals surface area contributed by atoms with Crippen molar-refractivity contribution in [3.63, 3.8) is 0 Å². The van der Waals surface area contributed by atoms with Crippen molar-refractivity contribution in [3.05, 3.63) is 29.3 Å². The summed E-state index contributed by atoms with van der Waals surface area (Å²) < 4.78 is 27.4. The molecule has 1 heterocycles. The number of nitrogens with one attached hydrogen (secondary N) is 1. The number of benzene rings is 1. The zero-order chi connectivity index (χ0) is 18.3. The molecular formula is C20H28N2O3S. The third kappa shape index (κ3) is 3.29. The Labute approximate surface area is 156 Å². The number of amides is 1. The highest BCUT2D eigenvalue weighted by Gasteiger charge is 2.40. The van der Waals surface area contributed by atoms with E-state index in [1.807, 2.05) is 6.92 Å². The number of aryl methyl sites for hydroxylation is 1. The summed E-state index contributed by atoms with van der Waals surface area (Å²) in [6.45, 7) is 3.01. The third-order valence-electron chi connectivity index (χ3n) is 6.46. The zero-order valence-corrected chi connectivity index (χ0v) is 16.2. The van der Waals surface area contributed by atoms with Crippen LogP contribution in [0.3, 0.4) is 0 Å². The highest BCUT2D eigenvalue weighted by atomic mass is 32.2. The van der Waals surface area contributed by atoms with Crippen LogP contribution in [-0.4, -0.2) is 37.8 Å². The lowest BCUT2D eigenvalue weighted by atomic mass is 9.95. The van der Waals surface area contributed by atoms with Gasteiger partial charge >= 0.3 is 0 Å². The van der Waals surface area contributed by atoms with Crippen molar-refractivity contribution in [1.82, 2.24) is 9.62 Å². The second-order valence-electron chi connectivity index (χ2n) is 8.20. The van der Waals surface area contributed by atoms with E-state index in [4.69, 9.17) is 0 Å². The van der Waals surface area contributed by atoms with Gasteiger partial charge in [0, 0.05) is 24.7 Å². The lowest BCUT2D eigenvalue weighted by molar-refractivity contribution is 0.0922. The molecule has 2 aliphatic carbocycles. The molecule has 1 aromatic rings. The average molecular weight is 377 g/mol. The van der Waals surface area contributed by atoms with Gasteiger partial charge in [-0.15, -0.1) is 0 Å². The van der Waals surface area contributed by atoms with Crippen LogP contribution in [0.1, 0.15) is 60.9 Å². The first-order valence-corrected chi connectivity index (χ1v) is 11.3. The van der Waals surface area contributed by atoms with Crippen LogP contribution in [-0.2, 0) is 10.0 Å². The third-order valence-corrected chi connectivity index (χ3v) is 8.36. The van der Waals surface area contributed by atoms with Gasteiger partial charge in [0.2, 0.25) is 10.0 Å². The first-order chi connectivity index (χ1) is 12.4. The van der Waals surface area contributed by atoms with E-state index in [1.54, 1.807) is 22.5 Å². The molecule has 26 heavy (non-hydrogen) atoms. The van der Waals surface area contributed by atoms with Gasteiger partial charge in [0.25, 0.3) is 5.91 Å². The van der Waals surface area contributed by atoms with E-state index in [-0.39, 0.29) is 16.8 Å². The number of rotatable bonds is 4. The van der Waals surface area contributed by atoms with Crippen molar-refractivity contribution in [2.75, 3.05) is 13.1 Å². The van der Waals surface area contributed by atoms with Gasteiger partial charge in [-0.05, 0) is 68.6 Å². The standard InChI is InChI=1S/C20H28N2O3S/c1-14-5-8-17(26(24,25)22-9-3-2-4-10-22)13-18(14)20(23)21-19-12-15-6-7-16(19)11-15/h5,8,13,15-16,19H,2-4,6-7,9-12H2,1H3,(H,21,23)/t15-,16+,19+/m0/s1. The first kappa shape index (κ1) is 18.0. The number of carbonyl (C=O) groups excluding carboxylic acids is 1. The smallest absolute Gasteiger partial charge is 0.251 e. The second-order valence-corrected chi connectivity index (χ2v) is 10.1. The Kier molecular flexibility index (Phi) is 4.82. The Morgan fingerprint density at radius 2 is 1.88 bits per heavy atom. The predicted octanol–water partition coefficient (Wildman–Crippen LogP) is 3.09. The maximum Gasteiger partial charge on any atom is 0.251 e. The molecule has 3 fully saturated rings. The fourth-order valence-corrected chi connectivity index (χ4v) is 6.47. The van der Waals surface area contributed by atoms with Crippen LogP contribution < -0.4 is 5.32 Å². The Morgan fingerprint density at radius 3 is 2.54 bits per heavy atom. The van der Waals surface area contributed by atoms with Crippen molar-refractivity contribution < 1.29 is 13.2 Å². The van der Waals surface area contributed by atoms with Crippen LogP contribution in [0.25, 0.3) is 0 Å². The van der Waals surface area contributed by atoms with Gasteiger partial charge in [-0.2, -0.15) is 4.31 Å². The maximum absolute atomic E-state index is 12.9. The van der Waals surface area contributed by atoms with Gasteiger partial charge in [0.1, 0.15) is 0 Å². The molecule has 2 bridgehead atoms. The minimum atomic E-state index is -3.52. The topological polar surface area (TPSA) is 66.5 Å². The lowest BCUT2D eigenvalue weighted by Gasteiger charge is -2.26. The normalized spacial score (nSPS) is 29.0. The van der Waals surface area contributed by atoms with Crippen LogP contribution in [0.5, 0.6) is 0 Å². The van der Waals surface area contributed by atoms with Crippen LogP contribution in [0.15, 0.2) is 23.1 Å². The monoisotopic (exact) mass is 376 g/mol. The molecule has 2 saturated carbocycles. The van der Waals surface area contributed by atoms with E-state index in [1.165, 1.54) is 19.3 Å². The molecule has 1 aromatic carbocycles. The Balaban J connectivity index is 1.55. The number of piperidine rings is 1.